The third-order valence-electron chi connectivity index (χ3n) is 19.6. The number of carbonyl (C=O) groups is 8. The van der Waals surface area contributed by atoms with Gasteiger partial charge in [-0.05, 0) is 197 Å². The quantitative estimate of drug-likeness (QED) is 0.0159. The summed E-state index contributed by atoms with van der Waals surface area (Å²) in [6.45, 7) is 3.94. The van der Waals surface area contributed by atoms with Crippen molar-refractivity contribution in [2.24, 2.45) is 0 Å². The van der Waals surface area contributed by atoms with Crippen LogP contribution in [0.2, 0.25) is 0 Å². The summed E-state index contributed by atoms with van der Waals surface area (Å²) in [6.07, 6.45) is 0. The lowest BCUT2D eigenvalue weighted by molar-refractivity contribution is 0.0875. The Kier molecular flexibility index (Phi) is 28.4. The standard InChI is InChI=1S/C90H96N8O16/c1-49-17-9-25-57(33-49)91-65(41-99)83(107)75-73-74(77(85(109)67(43-101)93-59-27-11-19-51(3)35-59)80(88(112)70(46-104)96-62-30-14-22-54(6)38-62)79(75)87(111)69(45-103)95-61-29-13-21-53(5)37-61)78(86(110)68(44-102)94-60-28-12-20-52(4)36-60)82(90(114)72(48-106)98-64-32-16-24-56(8)40-64)81(89(113)71(47-105)97-63-31-15-23-55(7)39-63)76(73)84(108)66(42-100)92-58-26-10-18-50(2)34-58/h9-40,65-72,91-106H,41-48H2,1-8H3/t65-,66-,67-,68-,69-,70-,71-,72-/m0/s1. The molecule has 24 nitrogen and oxygen atoms in total. The minimum Gasteiger partial charge on any atom is -0.394 e. The molecular weight excluding hydrogens is 1450 g/mol. The molecule has 0 bridgehead atoms. The molecule has 10 aromatic rings. The second-order valence-corrected chi connectivity index (χ2v) is 28.7. The van der Waals surface area contributed by atoms with Gasteiger partial charge in [-0.2, -0.15) is 0 Å². The third kappa shape index (κ3) is 19.5. The minimum absolute atomic E-state index is 0.142. The first kappa shape index (κ1) is 84.4. The van der Waals surface area contributed by atoms with Crippen LogP contribution in [-0.2, 0) is 0 Å². The van der Waals surface area contributed by atoms with E-state index in [4.69, 9.17) is 0 Å². The Balaban J connectivity index is 1.60. The zero-order chi connectivity index (χ0) is 82.2. The molecule has 16 N–H and O–H groups in total. The monoisotopic (exact) mass is 1540 g/mol. The molecule has 24 heteroatoms. The van der Waals surface area contributed by atoms with Gasteiger partial charge in [-0.25, -0.2) is 0 Å². The van der Waals surface area contributed by atoms with Crippen molar-refractivity contribution < 1.29 is 79.2 Å². The van der Waals surface area contributed by atoms with Crippen molar-refractivity contribution in [2.75, 3.05) is 95.4 Å². The fourth-order valence-electron chi connectivity index (χ4n) is 14.2. The van der Waals surface area contributed by atoms with E-state index in [0.717, 1.165) is 0 Å². The van der Waals surface area contributed by atoms with E-state index in [9.17, 15) is 40.9 Å². The Morgan fingerprint density at radius 2 is 0.316 bits per heavy atom. The lowest BCUT2D eigenvalue weighted by atomic mass is 9.71. The summed E-state index contributed by atoms with van der Waals surface area (Å²) in [5.41, 5.74) is -3.26. The molecule has 0 aliphatic rings. The molecule has 0 aliphatic heterocycles. The number of benzene rings is 10. The van der Waals surface area contributed by atoms with Crippen molar-refractivity contribution in [1.29, 1.82) is 0 Å². The van der Waals surface area contributed by atoms with Crippen molar-refractivity contribution in [1.82, 2.24) is 0 Å². The van der Waals surface area contributed by atoms with Crippen LogP contribution in [-0.4, -0.2) is 188 Å². The van der Waals surface area contributed by atoms with Crippen molar-refractivity contribution >= 4 is 103 Å². The molecule has 8 atom stereocenters. The van der Waals surface area contributed by atoms with Gasteiger partial charge in [-0.3, -0.25) is 38.4 Å². The number of fused-ring (bicyclic) bond motifs is 1. The van der Waals surface area contributed by atoms with E-state index in [-0.39, 0.29) is 45.5 Å². The maximum absolute atomic E-state index is 17.7. The average molecular weight is 1550 g/mol. The van der Waals surface area contributed by atoms with Gasteiger partial charge in [0.15, 0.2) is 46.3 Å². The van der Waals surface area contributed by atoms with Gasteiger partial charge in [0.05, 0.1) is 52.9 Å². The fraction of sp³-hybridized carbons (Fsp3) is 0.267. The summed E-state index contributed by atoms with van der Waals surface area (Å²) >= 11 is 0. The molecule has 0 fully saturated rings. The Bertz CT molecular complexity index is 4620. The number of nitrogens with one attached hydrogen (secondary N) is 8. The number of aliphatic hydroxyl groups excluding tert-OH is 8. The second-order valence-electron chi connectivity index (χ2n) is 28.7. The molecule has 0 aromatic heterocycles. The molecule has 592 valence electrons. The highest BCUT2D eigenvalue weighted by molar-refractivity contribution is 6.39. The number of hydrogen-bond donors (Lipinski definition) is 16. The van der Waals surface area contributed by atoms with Crippen LogP contribution in [0.5, 0.6) is 0 Å². The average Bonchev–Trinajstić information content (AvgIpc) is 0.688. The summed E-state index contributed by atoms with van der Waals surface area (Å²) in [5, 5.41) is 119. The number of anilines is 8. The zero-order valence-corrected chi connectivity index (χ0v) is 64.6. The molecule has 0 heterocycles. The lowest BCUT2D eigenvalue weighted by Crippen LogP contribution is -2.45. The fourth-order valence-corrected chi connectivity index (χ4v) is 14.2. The van der Waals surface area contributed by atoms with Gasteiger partial charge in [0.25, 0.3) is 0 Å². The summed E-state index contributed by atoms with van der Waals surface area (Å²) in [5.74, 6) is -11.6. The van der Waals surface area contributed by atoms with Gasteiger partial charge < -0.3 is 83.4 Å². The molecule has 0 spiro atoms. The van der Waals surface area contributed by atoms with Crippen LogP contribution in [0, 0.1) is 55.4 Å². The normalized spacial score (nSPS) is 13.4. The van der Waals surface area contributed by atoms with Crippen molar-refractivity contribution in [3.63, 3.8) is 0 Å². The van der Waals surface area contributed by atoms with Crippen molar-refractivity contribution in [3.8, 4) is 0 Å². The van der Waals surface area contributed by atoms with Crippen LogP contribution >= 0.6 is 0 Å². The summed E-state index contributed by atoms with van der Waals surface area (Å²) in [4.78, 5) is 141. The number of Topliss-reactive ketones (excluding diaryl/α,β-unsaturated/α-hetero) is 8. The molecule has 0 saturated heterocycles. The van der Waals surface area contributed by atoms with E-state index < -0.39 is 203 Å². The van der Waals surface area contributed by atoms with E-state index in [0.29, 0.717) is 44.5 Å². The lowest BCUT2D eigenvalue weighted by Gasteiger charge is -2.33. The van der Waals surface area contributed by atoms with Gasteiger partial charge in [0.2, 0.25) is 0 Å². The Morgan fingerprint density at radius 3 is 0.421 bits per heavy atom. The third-order valence-corrected chi connectivity index (χ3v) is 19.6. The van der Waals surface area contributed by atoms with Gasteiger partial charge >= 0.3 is 0 Å². The molecule has 114 heavy (non-hydrogen) atoms. The molecule has 0 amide bonds. The smallest absolute Gasteiger partial charge is 0.188 e. The highest BCUT2D eigenvalue weighted by Gasteiger charge is 2.48. The topological polar surface area (TPSA) is 395 Å². The van der Waals surface area contributed by atoms with Crippen LogP contribution in [0.15, 0.2) is 194 Å². The number of carbonyl (C=O) groups excluding carboxylic acids is 8. The number of aryl methyl sites for hydroxylation is 8. The Morgan fingerprint density at radius 1 is 0.202 bits per heavy atom. The van der Waals surface area contributed by atoms with Gasteiger partial charge in [-0.15, -0.1) is 0 Å². The van der Waals surface area contributed by atoms with E-state index >= 15 is 38.4 Å². The number of aliphatic hydroxyl groups is 8. The zero-order valence-electron chi connectivity index (χ0n) is 64.6. The number of ketones is 8. The first-order valence-corrected chi connectivity index (χ1v) is 37.4. The van der Waals surface area contributed by atoms with Crippen LogP contribution in [0.4, 0.5) is 45.5 Å². The summed E-state index contributed by atoms with van der Waals surface area (Å²) in [7, 11) is 0. The van der Waals surface area contributed by atoms with Gasteiger partial charge in [0, 0.05) is 101 Å². The molecule has 10 aromatic carbocycles. The van der Waals surface area contributed by atoms with Crippen LogP contribution in [0.3, 0.4) is 0 Å². The molecule has 0 aliphatic carbocycles. The predicted molar refractivity (Wildman–Crippen MR) is 444 cm³/mol. The van der Waals surface area contributed by atoms with E-state index in [1.807, 2.05) is 0 Å². The van der Waals surface area contributed by atoms with E-state index in [2.05, 4.69) is 42.5 Å². The minimum atomic E-state index is -2.09. The van der Waals surface area contributed by atoms with Crippen LogP contribution < -0.4 is 42.5 Å². The number of hydrogen-bond acceptors (Lipinski definition) is 24. The van der Waals surface area contributed by atoms with Crippen LogP contribution in [0.25, 0.3) is 10.8 Å². The predicted octanol–water partition coefficient (Wildman–Crippen LogP) is 10.6. The second kappa shape index (κ2) is 38.4. The highest BCUT2D eigenvalue weighted by atomic mass is 16.3. The van der Waals surface area contributed by atoms with E-state index in [1.54, 1.807) is 201 Å². The van der Waals surface area contributed by atoms with Gasteiger partial charge in [0.1, 0.15) is 48.3 Å². The van der Waals surface area contributed by atoms with Crippen molar-refractivity contribution in [3.05, 3.63) is 283 Å². The first-order chi connectivity index (χ1) is 54.8. The Labute approximate surface area is 660 Å². The largest absolute Gasteiger partial charge is 0.394 e. The molecule has 10 rings (SSSR count). The molecule has 0 radical (unpaired) electrons. The molecular formula is C90H96N8O16. The van der Waals surface area contributed by atoms with Gasteiger partial charge in [-0.1, -0.05) is 97.1 Å². The summed E-state index contributed by atoms with van der Waals surface area (Å²) in [6, 6.07) is 35.0. The van der Waals surface area contributed by atoms with Crippen molar-refractivity contribution in [2.45, 2.75) is 104 Å². The van der Waals surface area contributed by atoms with Crippen LogP contribution in [0.1, 0.15) is 127 Å². The first-order valence-electron chi connectivity index (χ1n) is 37.4. The maximum atomic E-state index is 17.7. The van der Waals surface area contributed by atoms with E-state index in [1.165, 1.54) is 48.5 Å². The molecule has 0 saturated carbocycles. The number of rotatable bonds is 40. The SMILES string of the molecule is Cc1cccc(N[C@@H](CO)C(=O)c2c(C(=O)[C@H](CO)Nc3cccc(C)c3)c(C(=O)[C@H](CO)Nc3cccc(C)c3)c3c(C(=O)[C@H](CO)Nc4cccc(C)c4)c(C(=O)[C@H](CO)Nc4cccc(C)c4)c(C(=O)[C@H](CO)Nc4cccc(C)c4)c(C(=O)[C@H](CO)Nc4cccc(C)c4)c3c2C(=O)[C@H](CO)Nc2cccc(C)c2)c1. The summed E-state index contributed by atoms with van der Waals surface area (Å²) < 4.78 is 0. The highest BCUT2D eigenvalue weighted by Crippen LogP contribution is 2.45. The Hall–Kier alpha value is -12.1. The maximum Gasteiger partial charge on any atom is 0.188 e. The molecule has 0 unspecified atom stereocenters.